The lowest BCUT2D eigenvalue weighted by atomic mass is 9.96. The maximum absolute atomic E-state index is 10.5. The number of ether oxygens (including phenoxy) is 1. The van der Waals surface area contributed by atoms with Crippen LogP contribution in [0.1, 0.15) is 32.6 Å². The Balaban J connectivity index is 1.71. The predicted molar refractivity (Wildman–Crippen MR) is 139 cm³/mol. The molecule has 0 spiro atoms. The predicted octanol–water partition coefficient (Wildman–Crippen LogP) is 6.88. The lowest BCUT2D eigenvalue weighted by molar-refractivity contribution is 0.281. The second-order valence-corrected chi connectivity index (χ2v) is 8.54. The Labute approximate surface area is 203 Å². The molecule has 0 bridgehead atoms. The highest BCUT2D eigenvalue weighted by molar-refractivity contribution is 6.11. The molecule has 2 N–H and O–H groups in total. The zero-order chi connectivity index (χ0) is 24.2. The highest BCUT2D eigenvalue weighted by Crippen LogP contribution is 2.39. The Morgan fingerprint density at radius 2 is 1.26 bits per heavy atom. The lowest BCUT2D eigenvalue weighted by Crippen LogP contribution is -2.06. The molecule has 5 aromatic rings. The Kier molecular flexibility index (Phi) is 6.44. The zero-order valence-corrected chi connectivity index (χ0v) is 19.6. The van der Waals surface area contributed by atoms with Gasteiger partial charge in [0.2, 0.25) is 0 Å². The van der Waals surface area contributed by atoms with Gasteiger partial charge < -0.3 is 14.9 Å². The normalized spacial score (nSPS) is 11.2. The van der Waals surface area contributed by atoms with Crippen LogP contribution in [0, 0.1) is 0 Å². The van der Waals surface area contributed by atoms with Crippen LogP contribution in [0.2, 0.25) is 0 Å². The monoisotopic (exact) mass is 465 g/mol. The van der Waals surface area contributed by atoms with Crippen molar-refractivity contribution in [3.8, 4) is 40.3 Å². The van der Waals surface area contributed by atoms with Gasteiger partial charge in [0, 0.05) is 5.56 Å². The average molecular weight is 466 g/mol. The molecule has 0 atom stereocenters. The molecule has 0 aliphatic carbocycles. The first-order valence-electron chi connectivity index (χ1n) is 12.0. The van der Waals surface area contributed by atoms with Crippen molar-refractivity contribution in [2.75, 3.05) is 6.61 Å². The van der Waals surface area contributed by atoms with Crippen molar-refractivity contribution in [2.24, 2.45) is 0 Å². The summed E-state index contributed by atoms with van der Waals surface area (Å²) in [6.07, 6.45) is 4.24. The lowest BCUT2D eigenvalue weighted by Gasteiger charge is -2.14. The van der Waals surface area contributed by atoms with Gasteiger partial charge in [-0.3, -0.25) is 0 Å². The molecule has 176 valence electrons. The molecular formula is C29H27N3O3. The summed E-state index contributed by atoms with van der Waals surface area (Å²) in [6.45, 7) is 2.64. The van der Waals surface area contributed by atoms with E-state index in [0.717, 1.165) is 52.8 Å². The molecule has 1 aromatic heterocycles. The zero-order valence-electron chi connectivity index (χ0n) is 19.6. The quantitative estimate of drug-likeness (QED) is 0.192. The van der Waals surface area contributed by atoms with E-state index in [2.05, 4.69) is 30.1 Å². The number of phenols is 2. The van der Waals surface area contributed by atoms with Crippen LogP contribution in [-0.4, -0.2) is 31.8 Å². The number of benzene rings is 4. The molecule has 5 rings (SSSR count). The van der Waals surface area contributed by atoms with Crippen LogP contribution in [0.15, 0.2) is 72.8 Å². The molecule has 6 nitrogen and oxygen atoms in total. The van der Waals surface area contributed by atoms with E-state index in [0.29, 0.717) is 12.4 Å². The molecular weight excluding hydrogens is 438 g/mol. The summed E-state index contributed by atoms with van der Waals surface area (Å²) in [7, 11) is 0. The molecule has 1 heterocycles. The van der Waals surface area contributed by atoms with Gasteiger partial charge in [0.1, 0.15) is 17.1 Å². The van der Waals surface area contributed by atoms with Gasteiger partial charge in [0.15, 0.2) is 11.6 Å². The Hall–Kier alpha value is -4.19. The largest absolute Gasteiger partial charge is 0.507 e. The smallest absolute Gasteiger partial charge is 0.320 e. The van der Waals surface area contributed by atoms with E-state index in [-0.39, 0.29) is 28.9 Å². The second kappa shape index (κ2) is 9.97. The Morgan fingerprint density at radius 3 is 1.89 bits per heavy atom. The standard InChI is InChI=1S/C29H27N3O3/c1-2-3-4-9-17-35-29-31-27(30-28(32-29)26-23(33)15-10-16-24(26)34)25-21-13-7-5-11-19(21)18-20-12-6-8-14-22(20)25/h5-8,10-16,18,33-34H,2-4,9,17H2,1H3. The molecule has 0 aliphatic heterocycles. The minimum atomic E-state index is -0.112. The molecule has 0 saturated heterocycles. The van der Waals surface area contributed by atoms with Crippen LogP contribution in [0.4, 0.5) is 0 Å². The fourth-order valence-electron chi connectivity index (χ4n) is 4.35. The maximum Gasteiger partial charge on any atom is 0.320 e. The van der Waals surface area contributed by atoms with Crippen molar-refractivity contribution >= 4 is 21.5 Å². The van der Waals surface area contributed by atoms with Gasteiger partial charge in [-0.05, 0) is 46.2 Å². The topological polar surface area (TPSA) is 88.4 Å². The Morgan fingerprint density at radius 1 is 0.657 bits per heavy atom. The van der Waals surface area contributed by atoms with Crippen LogP contribution in [-0.2, 0) is 0 Å². The van der Waals surface area contributed by atoms with E-state index in [1.54, 1.807) is 6.07 Å². The third kappa shape index (κ3) is 4.60. The SMILES string of the molecule is CCCCCCOc1nc(-c2c(O)cccc2O)nc(-c2c3ccccc3cc3ccccc23)n1. The van der Waals surface area contributed by atoms with Crippen LogP contribution in [0.25, 0.3) is 44.3 Å². The van der Waals surface area contributed by atoms with E-state index in [1.807, 2.05) is 36.4 Å². The minimum Gasteiger partial charge on any atom is -0.507 e. The van der Waals surface area contributed by atoms with E-state index >= 15 is 0 Å². The third-order valence-electron chi connectivity index (χ3n) is 6.08. The molecule has 0 aliphatic rings. The third-order valence-corrected chi connectivity index (χ3v) is 6.08. The number of aromatic hydroxyl groups is 2. The van der Waals surface area contributed by atoms with Crippen LogP contribution < -0.4 is 4.74 Å². The summed E-state index contributed by atoms with van der Waals surface area (Å²) >= 11 is 0. The van der Waals surface area contributed by atoms with Crippen molar-refractivity contribution in [3.63, 3.8) is 0 Å². The van der Waals surface area contributed by atoms with Gasteiger partial charge in [0.25, 0.3) is 0 Å². The number of rotatable bonds is 8. The van der Waals surface area contributed by atoms with E-state index < -0.39 is 0 Å². The van der Waals surface area contributed by atoms with Gasteiger partial charge in [0.05, 0.1) is 6.61 Å². The van der Waals surface area contributed by atoms with Crippen LogP contribution in [0.3, 0.4) is 0 Å². The van der Waals surface area contributed by atoms with Crippen molar-refractivity contribution in [1.29, 1.82) is 0 Å². The summed E-state index contributed by atoms with van der Waals surface area (Å²) < 4.78 is 5.96. The van der Waals surface area contributed by atoms with Crippen molar-refractivity contribution < 1.29 is 14.9 Å². The number of fused-ring (bicyclic) bond motifs is 2. The van der Waals surface area contributed by atoms with E-state index in [9.17, 15) is 10.2 Å². The molecule has 0 fully saturated rings. The number of nitrogens with zero attached hydrogens (tertiary/aromatic N) is 3. The van der Waals surface area contributed by atoms with Crippen LogP contribution in [0.5, 0.6) is 17.5 Å². The van der Waals surface area contributed by atoms with Crippen molar-refractivity contribution in [3.05, 3.63) is 72.8 Å². The summed E-state index contributed by atoms with van der Waals surface area (Å²) in [5.74, 6) is 0.359. The molecule has 0 amide bonds. The number of unbranched alkanes of at least 4 members (excludes halogenated alkanes) is 3. The molecule has 4 aromatic carbocycles. The molecule has 6 heteroatoms. The maximum atomic E-state index is 10.5. The van der Waals surface area contributed by atoms with Crippen molar-refractivity contribution in [2.45, 2.75) is 32.6 Å². The first kappa shape index (κ1) is 22.6. The van der Waals surface area contributed by atoms with E-state index in [4.69, 9.17) is 14.7 Å². The van der Waals surface area contributed by atoms with Gasteiger partial charge >= 0.3 is 6.01 Å². The average Bonchev–Trinajstić information content (AvgIpc) is 2.87. The molecule has 35 heavy (non-hydrogen) atoms. The van der Waals surface area contributed by atoms with Gasteiger partial charge in [-0.25, -0.2) is 4.98 Å². The molecule has 0 radical (unpaired) electrons. The highest BCUT2D eigenvalue weighted by atomic mass is 16.5. The van der Waals surface area contributed by atoms with Gasteiger partial charge in [-0.2, -0.15) is 9.97 Å². The number of hydrogen-bond donors (Lipinski definition) is 2. The summed E-state index contributed by atoms with van der Waals surface area (Å²) in [6, 6.07) is 23.1. The second-order valence-electron chi connectivity index (χ2n) is 8.54. The Bertz CT molecular complexity index is 1430. The van der Waals surface area contributed by atoms with Gasteiger partial charge in [-0.1, -0.05) is 80.8 Å². The highest BCUT2D eigenvalue weighted by Gasteiger charge is 2.20. The number of hydrogen-bond acceptors (Lipinski definition) is 6. The van der Waals surface area contributed by atoms with Crippen molar-refractivity contribution in [1.82, 2.24) is 15.0 Å². The molecule has 0 saturated carbocycles. The van der Waals surface area contributed by atoms with Crippen LogP contribution >= 0.6 is 0 Å². The first-order chi connectivity index (χ1) is 17.2. The first-order valence-corrected chi connectivity index (χ1v) is 12.0. The summed E-state index contributed by atoms with van der Waals surface area (Å²) in [5, 5.41) is 25.2. The summed E-state index contributed by atoms with van der Waals surface area (Å²) in [5.41, 5.74) is 1.00. The molecule has 0 unspecified atom stereocenters. The fourth-order valence-corrected chi connectivity index (χ4v) is 4.35. The van der Waals surface area contributed by atoms with Gasteiger partial charge in [-0.15, -0.1) is 0 Å². The fraction of sp³-hybridized carbons (Fsp3) is 0.207. The number of phenolic OH excluding ortho intramolecular Hbond substituents is 2. The van der Waals surface area contributed by atoms with E-state index in [1.165, 1.54) is 12.1 Å². The minimum absolute atomic E-state index is 0.112. The summed E-state index contributed by atoms with van der Waals surface area (Å²) in [4.78, 5) is 13.9. The number of aromatic nitrogens is 3.